The molecule has 10 heteroatoms. The highest BCUT2D eigenvalue weighted by atomic mass is 31.2. The van der Waals surface area contributed by atoms with E-state index in [1.807, 2.05) is 0 Å². The zero-order chi connectivity index (χ0) is 36.8. The van der Waals surface area contributed by atoms with Crippen LogP contribution < -0.4 is 0 Å². The van der Waals surface area contributed by atoms with E-state index < -0.39 is 39.2 Å². The molecular weight excluding hydrogens is 655 g/mol. The van der Waals surface area contributed by atoms with Crippen molar-refractivity contribution in [3.63, 3.8) is 0 Å². The second kappa shape index (κ2) is 37.4. The van der Waals surface area contributed by atoms with E-state index in [0.29, 0.717) is 13.0 Å². The van der Waals surface area contributed by atoms with Gasteiger partial charge in [-0.05, 0) is 64.2 Å². The van der Waals surface area contributed by atoms with Gasteiger partial charge < -0.3 is 24.6 Å². The van der Waals surface area contributed by atoms with Crippen LogP contribution >= 0.6 is 7.82 Å². The summed E-state index contributed by atoms with van der Waals surface area (Å²) in [4.78, 5) is 22.4. The fourth-order valence-electron chi connectivity index (χ4n) is 5.21. The number of carbonyl (C=O) groups is 1. The number of aliphatic hydroxyl groups is 2. The predicted octanol–water partition coefficient (Wildman–Crippen LogP) is 10.5. The summed E-state index contributed by atoms with van der Waals surface area (Å²) in [5, 5.41) is 18.3. The number of unbranched alkanes of at least 4 members (excludes halogenated alkanes) is 18. The van der Waals surface area contributed by atoms with Crippen LogP contribution in [0.3, 0.4) is 0 Å². The summed E-state index contributed by atoms with van der Waals surface area (Å²) in [5.74, 6) is -0.397. The molecule has 0 rings (SSSR count). The van der Waals surface area contributed by atoms with Crippen LogP contribution in [0.15, 0.2) is 36.5 Å². The summed E-state index contributed by atoms with van der Waals surface area (Å²) in [6, 6.07) is 0. The Morgan fingerprint density at radius 3 is 1.70 bits per heavy atom. The molecule has 0 aromatic heterocycles. The maximum absolute atomic E-state index is 12.5. The Hall–Kier alpha value is -1.32. The quantitative estimate of drug-likeness (QED) is 0.0246. The van der Waals surface area contributed by atoms with Gasteiger partial charge in [-0.25, -0.2) is 4.57 Å². The number of esters is 1. The van der Waals surface area contributed by atoms with Gasteiger partial charge in [0.15, 0.2) is 0 Å². The molecule has 0 saturated carbocycles. The van der Waals surface area contributed by atoms with E-state index in [0.717, 1.165) is 70.6 Å². The SMILES string of the molecule is CCC/C=C\CCCCCCCC(=O)OC(COCCCCCCCCCC/C=C\C/C=C\CCCCCC)COP(=O)(O)OCC(O)CO. The van der Waals surface area contributed by atoms with Gasteiger partial charge in [0, 0.05) is 13.0 Å². The summed E-state index contributed by atoms with van der Waals surface area (Å²) in [6.45, 7) is 3.41. The number of hydrogen-bond acceptors (Lipinski definition) is 8. The summed E-state index contributed by atoms with van der Waals surface area (Å²) in [5.41, 5.74) is 0. The average molecular weight is 731 g/mol. The molecule has 0 fully saturated rings. The van der Waals surface area contributed by atoms with Crippen LogP contribution in [0.1, 0.15) is 168 Å². The first-order valence-corrected chi connectivity index (χ1v) is 21.5. The molecule has 0 aliphatic heterocycles. The fourth-order valence-corrected chi connectivity index (χ4v) is 6.00. The lowest BCUT2D eigenvalue weighted by molar-refractivity contribution is -0.154. The maximum Gasteiger partial charge on any atom is 0.472 e. The van der Waals surface area contributed by atoms with Crippen LogP contribution in [-0.2, 0) is 27.9 Å². The Morgan fingerprint density at radius 1 is 0.620 bits per heavy atom. The van der Waals surface area contributed by atoms with Crippen molar-refractivity contribution in [1.82, 2.24) is 0 Å². The van der Waals surface area contributed by atoms with Gasteiger partial charge in [0.25, 0.3) is 0 Å². The van der Waals surface area contributed by atoms with Crippen molar-refractivity contribution in [2.24, 2.45) is 0 Å². The number of phosphoric ester groups is 1. The van der Waals surface area contributed by atoms with Gasteiger partial charge in [0.2, 0.25) is 0 Å². The molecule has 3 N–H and O–H groups in total. The summed E-state index contributed by atoms with van der Waals surface area (Å²) in [6.07, 6.45) is 38.2. The summed E-state index contributed by atoms with van der Waals surface area (Å²) in [7, 11) is -4.51. The number of ether oxygens (including phenoxy) is 2. The topological polar surface area (TPSA) is 132 Å². The molecule has 9 nitrogen and oxygen atoms in total. The second-order valence-corrected chi connectivity index (χ2v) is 14.7. The number of aliphatic hydroxyl groups excluding tert-OH is 2. The van der Waals surface area contributed by atoms with E-state index in [1.165, 1.54) is 70.6 Å². The van der Waals surface area contributed by atoms with Gasteiger partial charge in [0.05, 0.1) is 26.4 Å². The van der Waals surface area contributed by atoms with E-state index in [9.17, 15) is 19.4 Å². The molecule has 0 spiro atoms. The van der Waals surface area contributed by atoms with Crippen LogP contribution in [0.2, 0.25) is 0 Å². The standard InChI is InChI=1S/C40H75O9P/c1-3-5-7-9-11-13-15-16-17-18-19-20-21-22-23-25-27-29-31-33-46-36-39(37-48-50(44,45)47-35-38(42)34-41)49-40(43)32-30-28-26-24-14-12-10-8-6-4-2/h8,10,13,15,17-18,38-39,41-42H,3-7,9,11-12,14,16,19-37H2,1-2H3,(H,44,45)/b10-8-,15-13-,18-17-. The Bertz CT molecular complexity index is 877. The van der Waals surface area contributed by atoms with Crippen molar-refractivity contribution in [1.29, 1.82) is 0 Å². The maximum atomic E-state index is 12.5. The van der Waals surface area contributed by atoms with Crippen LogP contribution in [0, 0.1) is 0 Å². The van der Waals surface area contributed by atoms with Crippen molar-refractivity contribution in [2.75, 3.05) is 33.0 Å². The van der Waals surface area contributed by atoms with Crippen molar-refractivity contribution in [2.45, 2.75) is 180 Å². The molecule has 0 amide bonds. The van der Waals surface area contributed by atoms with Gasteiger partial charge in [-0.1, -0.05) is 134 Å². The molecule has 0 aliphatic carbocycles. The summed E-state index contributed by atoms with van der Waals surface area (Å²) < 4.78 is 33.2. The molecule has 0 aromatic carbocycles. The normalized spacial score (nSPS) is 14.6. The van der Waals surface area contributed by atoms with E-state index in [2.05, 4.69) is 50.3 Å². The molecule has 50 heavy (non-hydrogen) atoms. The molecule has 3 unspecified atom stereocenters. The number of rotatable bonds is 38. The first kappa shape index (κ1) is 48.7. The smallest absolute Gasteiger partial charge is 0.457 e. The van der Waals surface area contributed by atoms with Gasteiger partial charge in [-0.2, -0.15) is 0 Å². The van der Waals surface area contributed by atoms with Crippen molar-refractivity contribution in [3.05, 3.63) is 36.5 Å². The Kier molecular flexibility index (Phi) is 36.4. The lowest BCUT2D eigenvalue weighted by Gasteiger charge is -2.20. The average Bonchev–Trinajstić information content (AvgIpc) is 3.10. The third-order valence-corrected chi connectivity index (χ3v) is 9.23. The highest BCUT2D eigenvalue weighted by Crippen LogP contribution is 2.43. The fraction of sp³-hybridized carbons (Fsp3) is 0.825. The van der Waals surface area contributed by atoms with E-state index in [1.54, 1.807) is 0 Å². The zero-order valence-corrected chi connectivity index (χ0v) is 32.8. The van der Waals surface area contributed by atoms with E-state index in [-0.39, 0.29) is 19.6 Å². The first-order chi connectivity index (χ1) is 24.3. The minimum atomic E-state index is -4.51. The first-order valence-electron chi connectivity index (χ1n) is 20.0. The lowest BCUT2D eigenvalue weighted by Crippen LogP contribution is -2.29. The number of hydrogen-bond donors (Lipinski definition) is 3. The molecular formula is C40H75O9P. The van der Waals surface area contributed by atoms with Crippen molar-refractivity contribution >= 4 is 13.8 Å². The third kappa shape index (κ3) is 36.5. The Morgan fingerprint density at radius 2 is 1.12 bits per heavy atom. The molecule has 0 heterocycles. The molecule has 0 aromatic rings. The van der Waals surface area contributed by atoms with E-state index in [4.69, 9.17) is 23.6 Å². The molecule has 0 bridgehead atoms. The lowest BCUT2D eigenvalue weighted by atomic mass is 10.1. The van der Waals surface area contributed by atoms with Crippen LogP contribution in [0.4, 0.5) is 0 Å². The second-order valence-electron chi connectivity index (χ2n) is 13.3. The molecule has 0 aliphatic rings. The number of phosphoric acid groups is 1. The van der Waals surface area contributed by atoms with Gasteiger partial charge >= 0.3 is 13.8 Å². The predicted molar refractivity (Wildman–Crippen MR) is 205 cm³/mol. The van der Waals surface area contributed by atoms with E-state index >= 15 is 0 Å². The van der Waals surface area contributed by atoms with Gasteiger partial charge in [-0.15, -0.1) is 0 Å². The monoisotopic (exact) mass is 731 g/mol. The Labute approximate surface area is 305 Å². The minimum Gasteiger partial charge on any atom is -0.457 e. The zero-order valence-electron chi connectivity index (χ0n) is 31.9. The van der Waals surface area contributed by atoms with Crippen LogP contribution in [0.5, 0.6) is 0 Å². The van der Waals surface area contributed by atoms with Crippen molar-refractivity contribution in [3.8, 4) is 0 Å². The third-order valence-electron chi connectivity index (χ3n) is 8.28. The number of allylic oxidation sites excluding steroid dienone is 6. The van der Waals surface area contributed by atoms with Gasteiger partial charge in [-0.3, -0.25) is 13.8 Å². The van der Waals surface area contributed by atoms with Gasteiger partial charge in [0.1, 0.15) is 12.2 Å². The van der Waals surface area contributed by atoms with Crippen LogP contribution in [0.25, 0.3) is 0 Å². The Balaban J connectivity index is 4.16. The molecule has 0 saturated heterocycles. The molecule has 3 atom stereocenters. The molecule has 294 valence electrons. The number of carbonyl (C=O) groups excluding carboxylic acids is 1. The summed E-state index contributed by atoms with van der Waals surface area (Å²) >= 11 is 0. The largest absolute Gasteiger partial charge is 0.472 e. The minimum absolute atomic E-state index is 0.0420. The molecule has 0 radical (unpaired) electrons. The highest BCUT2D eigenvalue weighted by molar-refractivity contribution is 7.47. The van der Waals surface area contributed by atoms with Crippen LogP contribution in [-0.4, -0.2) is 66.3 Å². The van der Waals surface area contributed by atoms with Crippen molar-refractivity contribution < 1.29 is 43.0 Å². The highest BCUT2D eigenvalue weighted by Gasteiger charge is 2.26.